The SMILES string of the molecule is I.NC(=NCC(c1ccccc1)N1CCOCC1)Nc1cccc2c1CCCC2. The van der Waals surface area contributed by atoms with E-state index in [9.17, 15) is 0 Å². The molecule has 0 bridgehead atoms. The molecule has 4 rings (SSSR count). The molecule has 2 aromatic carbocycles. The molecule has 3 N–H and O–H groups in total. The van der Waals surface area contributed by atoms with Crippen LogP contribution in [0.25, 0.3) is 0 Å². The van der Waals surface area contributed by atoms with Gasteiger partial charge in [0.1, 0.15) is 0 Å². The molecule has 1 atom stereocenters. The number of nitrogens with zero attached hydrogens (tertiary/aromatic N) is 2. The Labute approximate surface area is 190 Å². The van der Waals surface area contributed by atoms with Crippen LogP contribution in [-0.4, -0.2) is 43.7 Å². The van der Waals surface area contributed by atoms with Gasteiger partial charge in [-0.05, 0) is 48.4 Å². The van der Waals surface area contributed by atoms with Crippen LogP contribution in [0.4, 0.5) is 5.69 Å². The summed E-state index contributed by atoms with van der Waals surface area (Å²) >= 11 is 0. The van der Waals surface area contributed by atoms with Crippen molar-refractivity contribution in [3.63, 3.8) is 0 Å². The summed E-state index contributed by atoms with van der Waals surface area (Å²) in [6, 6.07) is 17.3. The van der Waals surface area contributed by atoms with Crippen LogP contribution in [-0.2, 0) is 17.6 Å². The smallest absolute Gasteiger partial charge is 0.193 e. The van der Waals surface area contributed by atoms with Gasteiger partial charge in [0.15, 0.2) is 5.96 Å². The van der Waals surface area contributed by atoms with Crippen molar-refractivity contribution in [1.82, 2.24) is 4.90 Å². The quantitative estimate of drug-likeness (QED) is 0.366. The monoisotopic (exact) mass is 506 g/mol. The van der Waals surface area contributed by atoms with Gasteiger partial charge in [-0.3, -0.25) is 9.89 Å². The topological polar surface area (TPSA) is 62.9 Å². The summed E-state index contributed by atoms with van der Waals surface area (Å²) in [4.78, 5) is 7.17. The van der Waals surface area contributed by atoms with Crippen LogP contribution in [0.3, 0.4) is 0 Å². The Balaban J connectivity index is 0.00000240. The maximum atomic E-state index is 6.29. The molecule has 1 heterocycles. The number of nitrogens with two attached hydrogens (primary N) is 1. The second-order valence-corrected chi connectivity index (χ2v) is 7.58. The van der Waals surface area contributed by atoms with Crippen molar-refractivity contribution >= 4 is 35.6 Å². The van der Waals surface area contributed by atoms with Crippen LogP contribution in [0.1, 0.15) is 35.6 Å². The van der Waals surface area contributed by atoms with Gasteiger partial charge in [-0.2, -0.15) is 0 Å². The first-order valence-electron chi connectivity index (χ1n) is 10.4. The molecule has 156 valence electrons. The summed E-state index contributed by atoms with van der Waals surface area (Å²) in [6.45, 7) is 4.04. The zero-order valence-electron chi connectivity index (χ0n) is 16.8. The average molecular weight is 506 g/mol. The molecule has 2 aromatic rings. The number of halogens is 1. The fourth-order valence-corrected chi connectivity index (χ4v) is 4.26. The molecule has 1 saturated heterocycles. The third kappa shape index (κ3) is 5.71. The number of aryl methyl sites for hydroxylation is 1. The first-order valence-corrected chi connectivity index (χ1v) is 10.4. The first kappa shape index (κ1) is 22.1. The predicted octanol–water partition coefficient (Wildman–Crippen LogP) is 3.98. The van der Waals surface area contributed by atoms with E-state index in [1.54, 1.807) is 0 Å². The third-order valence-corrected chi connectivity index (χ3v) is 5.76. The maximum Gasteiger partial charge on any atom is 0.193 e. The summed E-state index contributed by atoms with van der Waals surface area (Å²) in [5.41, 5.74) is 11.5. The zero-order chi connectivity index (χ0) is 19.2. The molecule has 29 heavy (non-hydrogen) atoms. The number of benzene rings is 2. The summed E-state index contributed by atoms with van der Waals surface area (Å²) in [5, 5.41) is 3.36. The van der Waals surface area contributed by atoms with E-state index in [1.165, 1.54) is 29.5 Å². The van der Waals surface area contributed by atoms with E-state index in [0.29, 0.717) is 12.5 Å². The number of fused-ring (bicyclic) bond motifs is 1. The standard InChI is InChI=1S/C23H30N4O.HI/c24-23(26-21-12-6-10-18-7-4-5-11-20(18)21)25-17-22(19-8-2-1-3-9-19)27-13-15-28-16-14-27;/h1-3,6,8-10,12,22H,4-5,7,11,13-17H2,(H3,24,25,26);1H. The van der Waals surface area contributed by atoms with Crippen molar-refractivity contribution < 1.29 is 4.74 Å². The Morgan fingerprint density at radius 1 is 1.03 bits per heavy atom. The summed E-state index contributed by atoms with van der Waals surface area (Å²) < 4.78 is 5.53. The largest absolute Gasteiger partial charge is 0.379 e. The lowest BCUT2D eigenvalue weighted by atomic mass is 9.90. The number of morpholine rings is 1. The number of rotatable bonds is 5. The van der Waals surface area contributed by atoms with Crippen LogP contribution < -0.4 is 11.1 Å². The van der Waals surface area contributed by atoms with Crippen LogP contribution in [0.2, 0.25) is 0 Å². The molecule has 6 heteroatoms. The molecule has 1 aliphatic carbocycles. The molecule has 1 fully saturated rings. The van der Waals surface area contributed by atoms with E-state index in [4.69, 9.17) is 15.5 Å². The van der Waals surface area contributed by atoms with Gasteiger partial charge < -0.3 is 15.8 Å². The second-order valence-electron chi connectivity index (χ2n) is 7.58. The van der Waals surface area contributed by atoms with Crippen molar-refractivity contribution in [1.29, 1.82) is 0 Å². The Morgan fingerprint density at radius 2 is 1.79 bits per heavy atom. The Kier molecular flexibility index (Phi) is 8.32. The van der Waals surface area contributed by atoms with Gasteiger partial charge in [-0.25, -0.2) is 0 Å². The highest BCUT2D eigenvalue weighted by molar-refractivity contribution is 14.0. The van der Waals surface area contributed by atoms with Gasteiger partial charge in [0.25, 0.3) is 0 Å². The van der Waals surface area contributed by atoms with Gasteiger partial charge in [0.2, 0.25) is 0 Å². The van der Waals surface area contributed by atoms with Crippen LogP contribution in [0.15, 0.2) is 53.5 Å². The number of ether oxygens (including phenoxy) is 1. The van der Waals surface area contributed by atoms with E-state index in [1.807, 2.05) is 0 Å². The van der Waals surface area contributed by atoms with Gasteiger partial charge >= 0.3 is 0 Å². The van der Waals surface area contributed by atoms with Crippen molar-refractivity contribution in [3.8, 4) is 0 Å². The number of anilines is 1. The van der Waals surface area contributed by atoms with Crippen molar-refractivity contribution in [2.45, 2.75) is 31.7 Å². The Bertz CT molecular complexity index is 806. The summed E-state index contributed by atoms with van der Waals surface area (Å²) in [6.07, 6.45) is 4.80. The molecular weight excluding hydrogens is 475 g/mol. The molecule has 2 aliphatic rings. The predicted molar refractivity (Wildman–Crippen MR) is 130 cm³/mol. The van der Waals surface area contributed by atoms with E-state index in [0.717, 1.165) is 44.8 Å². The molecule has 1 aliphatic heterocycles. The van der Waals surface area contributed by atoms with E-state index in [-0.39, 0.29) is 30.0 Å². The van der Waals surface area contributed by atoms with Crippen molar-refractivity contribution in [2.75, 3.05) is 38.2 Å². The minimum absolute atomic E-state index is 0. The molecule has 5 nitrogen and oxygen atoms in total. The van der Waals surface area contributed by atoms with Crippen LogP contribution in [0.5, 0.6) is 0 Å². The van der Waals surface area contributed by atoms with E-state index in [2.05, 4.69) is 58.7 Å². The van der Waals surface area contributed by atoms with Crippen molar-refractivity contribution in [3.05, 3.63) is 65.2 Å². The van der Waals surface area contributed by atoms with Gasteiger partial charge in [0.05, 0.1) is 25.8 Å². The fourth-order valence-electron chi connectivity index (χ4n) is 4.26. The van der Waals surface area contributed by atoms with Gasteiger partial charge in [-0.15, -0.1) is 24.0 Å². The third-order valence-electron chi connectivity index (χ3n) is 5.76. The molecular formula is C23H31IN4O. The molecule has 1 unspecified atom stereocenters. The molecule has 0 amide bonds. The Hall–Kier alpha value is -1.64. The van der Waals surface area contributed by atoms with Crippen LogP contribution in [0, 0.1) is 0 Å². The van der Waals surface area contributed by atoms with Gasteiger partial charge in [-0.1, -0.05) is 42.5 Å². The highest BCUT2D eigenvalue weighted by Gasteiger charge is 2.22. The lowest BCUT2D eigenvalue weighted by molar-refractivity contribution is 0.0180. The van der Waals surface area contributed by atoms with E-state index >= 15 is 0 Å². The number of nitrogens with one attached hydrogen (secondary N) is 1. The van der Waals surface area contributed by atoms with Gasteiger partial charge in [0, 0.05) is 18.8 Å². The molecule has 0 saturated carbocycles. The second kappa shape index (κ2) is 10.9. The summed E-state index contributed by atoms with van der Waals surface area (Å²) in [5.74, 6) is 0.494. The molecule has 0 spiro atoms. The lowest BCUT2D eigenvalue weighted by Crippen LogP contribution is -2.40. The fraction of sp³-hybridized carbons (Fsp3) is 0.435. The minimum Gasteiger partial charge on any atom is -0.379 e. The van der Waals surface area contributed by atoms with E-state index < -0.39 is 0 Å². The summed E-state index contributed by atoms with van der Waals surface area (Å²) in [7, 11) is 0. The normalized spacial score (nSPS) is 18.4. The first-order chi connectivity index (χ1) is 13.8. The Morgan fingerprint density at radius 3 is 2.59 bits per heavy atom. The number of hydrogen-bond donors (Lipinski definition) is 2. The number of aliphatic imine (C=N–C) groups is 1. The minimum atomic E-state index is 0. The highest BCUT2D eigenvalue weighted by Crippen LogP contribution is 2.28. The maximum absolute atomic E-state index is 6.29. The number of hydrogen-bond acceptors (Lipinski definition) is 3. The number of guanidine groups is 1. The molecule has 0 radical (unpaired) electrons. The molecule has 0 aromatic heterocycles. The van der Waals surface area contributed by atoms with Crippen LogP contribution >= 0.6 is 24.0 Å². The highest BCUT2D eigenvalue weighted by atomic mass is 127. The zero-order valence-corrected chi connectivity index (χ0v) is 19.2. The van der Waals surface area contributed by atoms with Crippen molar-refractivity contribution in [2.24, 2.45) is 10.7 Å². The lowest BCUT2D eigenvalue weighted by Gasteiger charge is -2.34. The average Bonchev–Trinajstić information content (AvgIpc) is 2.76.